The summed E-state index contributed by atoms with van der Waals surface area (Å²) in [6, 6.07) is 9.04. The zero-order valence-electron chi connectivity index (χ0n) is 17.7. The van der Waals surface area contributed by atoms with Crippen LogP contribution in [0.2, 0.25) is 18.1 Å². The van der Waals surface area contributed by atoms with Gasteiger partial charge in [0.05, 0.1) is 11.4 Å². The Kier molecular flexibility index (Phi) is 7.16. The summed E-state index contributed by atoms with van der Waals surface area (Å²) in [7, 11) is -5.36. The van der Waals surface area contributed by atoms with Crippen LogP contribution in [0.15, 0.2) is 35.5 Å². The van der Waals surface area contributed by atoms with E-state index < -0.39 is 18.2 Å². The Labute approximate surface area is 169 Å². The van der Waals surface area contributed by atoms with Crippen molar-refractivity contribution in [2.24, 2.45) is 0 Å². The molecule has 0 spiro atoms. The standard InChI is InChI=1S/C19H32N4O3SSi/c1-16(26-28(5,6)19(2,3)4)12-10-11-15-27(24,25)18-20-21-22-23(18)17-13-8-7-9-14-17/h7-9,13-14,16H,10-12,15H2,1-6H3/t16-/m0/s1. The van der Waals surface area contributed by atoms with Crippen LogP contribution in [0, 0.1) is 0 Å². The fraction of sp³-hybridized carbons (Fsp3) is 0.632. The van der Waals surface area contributed by atoms with E-state index in [0.29, 0.717) is 12.1 Å². The Hall–Kier alpha value is -1.58. The number of unbranched alkanes of at least 4 members (excludes halogenated alkanes) is 1. The number of hydrogen-bond acceptors (Lipinski definition) is 6. The summed E-state index contributed by atoms with van der Waals surface area (Å²) in [6.07, 6.45) is 2.29. The molecule has 0 bridgehead atoms. The van der Waals surface area contributed by atoms with Crippen molar-refractivity contribution in [1.29, 1.82) is 0 Å². The highest BCUT2D eigenvalue weighted by Gasteiger charge is 2.38. The molecule has 0 aliphatic carbocycles. The number of para-hydroxylation sites is 1. The first-order chi connectivity index (χ1) is 12.9. The summed E-state index contributed by atoms with van der Waals surface area (Å²) < 4.78 is 33.0. The lowest BCUT2D eigenvalue weighted by atomic mass is 10.2. The van der Waals surface area contributed by atoms with Gasteiger partial charge in [-0.05, 0) is 66.9 Å². The van der Waals surface area contributed by atoms with Crippen LogP contribution in [0.4, 0.5) is 0 Å². The Balaban J connectivity index is 1.91. The molecule has 156 valence electrons. The van der Waals surface area contributed by atoms with Gasteiger partial charge < -0.3 is 4.43 Å². The number of hydrogen-bond donors (Lipinski definition) is 0. The molecule has 0 saturated heterocycles. The van der Waals surface area contributed by atoms with E-state index in [9.17, 15) is 8.42 Å². The largest absolute Gasteiger partial charge is 0.414 e. The van der Waals surface area contributed by atoms with Crippen molar-refractivity contribution >= 4 is 18.2 Å². The van der Waals surface area contributed by atoms with Crippen LogP contribution in [0.25, 0.3) is 5.69 Å². The molecule has 0 N–H and O–H groups in total. The Morgan fingerprint density at radius 1 is 1.14 bits per heavy atom. The van der Waals surface area contributed by atoms with E-state index in [0.717, 1.165) is 12.8 Å². The van der Waals surface area contributed by atoms with Crippen LogP contribution in [0.5, 0.6) is 0 Å². The molecule has 2 aromatic rings. The molecule has 2 rings (SSSR count). The quantitative estimate of drug-likeness (QED) is 0.446. The molecule has 9 heteroatoms. The maximum absolute atomic E-state index is 12.7. The fourth-order valence-corrected chi connectivity index (χ4v) is 5.47. The first-order valence-electron chi connectivity index (χ1n) is 9.68. The summed E-state index contributed by atoms with van der Waals surface area (Å²) in [4.78, 5) is 0. The predicted octanol–water partition coefficient (Wildman–Crippen LogP) is 4.02. The van der Waals surface area contributed by atoms with Crippen molar-refractivity contribution < 1.29 is 12.8 Å². The Bertz CT molecular complexity index is 861. The second-order valence-corrected chi connectivity index (χ2v) is 15.5. The van der Waals surface area contributed by atoms with Gasteiger partial charge in [-0.15, -0.1) is 0 Å². The van der Waals surface area contributed by atoms with E-state index in [1.165, 1.54) is 4.68 Å². The van der Waals surface area contributed by atoms with Gasteiger partial charge in [-0.25, -0.2) is 8.42 Å². The van der Waals surface area contributed by atoms with Crippen LogP contribution in [-0.4, -0.2) is 48.8 Å². The molecule has 1 aromatic heterocycles. The summed E-state index contributed by atoms with van der Waals surface area (Å²) in [5.74, 6) is 0.0209. The first-order valence-corrected chi connectivity index (χ1v) is 14.2. The fourth-order valence-electron chi connectivity index (χ4n) is 2.66. The second-order valence-electron chi connectivity index (χ2n) is 8.71. The van der Waals surface area contributed by atoms with Crippen LogP contribution < -0.4 is 0 Å². The highest BCUT2D eigenvalue weighted by molar-refractivity contribution is 7.91. The minimum atomic E-state index is -3.56. The van der Waals surface area contributed by atoms with Crippen LogP contribution in [-0.2, 0) is 14.3 Å². The van der Waals surface area contributed by atoms with E-state index in [1.54, 1.807) is 12.1 Å². The van der Waals surface area contributed by atoms with Gasteiger partial charge >= 0.3 is 0 Å². The second kappa shape index (κ2) is 8.83. The van der Waals surface area contributed by atoms with E-state index in [4.69, 9.17) is 4.43 Å². The molecule has 0 radical (unpaired) electrons. The van der Waals surface area contributed by atoms with E-state index in [1.807, 2.05) is 18.2 Å². The Morgan fingerprint density at radius 2 is 1.79 bits per heavy atom. The maximum Gasteiger partial charge on any atom is 0.272 e. The molecule has 1 aromatic carbocycles. The number of aromatic nitrogens is 4. The summed E-state index contributed by atoms with van der Waals surface area (Å²) >= 11 is 0. The van der Waals surface area contributed by atoms with Crippen molar-refractivity contribution in [3.05, 3.63) is 30.3 Å². The van der Waals surface area contributed by atoms with E-state index in [2.05, 4.69) is 56.3 Å². The highest BCUT2D eigenvalue weighted by atomic mass is 32.2. The van der Waals surface area contributed by atoms with Crippen molar-refractivity contribution in [3.8, 4) is 5.69 Å². The highest BCUT2D eigenvalue weighted by Crippen LogP contribution is 2.37. The average molecular weight is 425 g/mol. The molecule has 0 fully saturated rings. The Morgan fingerprint density at radius 3 is 2.39 bits per heavy atom. The van der Waals surface area contributed by atoms with Gasteiger partial charge in [0.15, 0.2) is 8.32 Å². The van der Waals surface area contributed by atoms with Gasteiger partial charge in [0, 0.05) is 6.10 Å². The molecule has 0 unspecified atom stereocenters. The predicted molar refractivity (Wildman–Crippen MR) is 113 cm³/mol. The lowest BCUT2D eigenvalue weighted by Gasteiger charge is -2.38. The van der Waals surface area contributed by atoms with E-state index in [-0.39, 0.29) is 22.1 Å². The van der Waals surface area contributed by atoms with Crippen LogP contribution in [0.3, 0.4) is 0 Å². The molecule has 28 heavy (non-hydrogen) atoms. The SMILES string of the molecule is C[C@@H](CCCCS(=O)(=O)c1nnnn1-c1ccccc1)O[Si](C)(C)C(C)(C)C. The molecule has 7 nitrogen and oxygen atoms in total. The van der Waals surface area contributed by atoms with Crippen molar-refractivity contribution in [2.75, 3.05) is 5.75 Å². The smallest absolute Gasteiger partial charge is 0.272 e. The maximum atomic E-state index is 12.7. The van der Waals surface area contributed by atoms with Crippen LogP contribution in [0.1, 0.15) is 47.0 Å². The van der Waals surface area contributed by atoms with Crippen molar-refractivity contribution in [3.63, 3.8) is 0 Å². The molecule has 0 saturated carbocycles. The number of nitrogens with zero attached hydrogens (tertiary/aromatic N) is 4. The lowest BCUT2D eigenvalue weighted by molar-refractivity contribution is 0.186. The van der Waals surface area contributed by atoms with Gasteiger partial charge in [-0.3, -0.25) is 0 Å². The number of benzene rings is 1. The molecular formula is C19H32N4O3SSi. The number of tetrazole rings is 1. The molecule has 0 aliphatic rings. The van der Waals surface area contributed by atoms with Gasteiger partial charge in [0.1, 0.15) is 0 Å². The van der Waals surface area contributed by atoms with Gasteiger partial charge in [0.2, 0.25) is 9.84 Å². The normalized spacial score (nSPS) is 14.2. The third kappa shape index (κ3) is 5.71. The third-order valence-corrected chi connectivity index (χ3v) is 11.5. The van der Waals surface area contributed by atoms with Crippen molar-refractivity contribution in [2.45, 2.75) is 76.4 Å². The minimum Gasteiger partial charge on any atom is -0.414 e. The lowest BCUT2D eigenvalue weighted by Crippen LogP contribution is -2.43. The van der Waals surface area contributed by atoms with Gasteiger partial charge in [0.25, 0.3) is 5.16 Å². The molecular weight excluding hydrogens is 392 g/mol. The third-order valence-electron chi connectivity index (χ3n) is 5.30. The van der Waals surface area contributed by atoms with Gasteiger partial charge in [-0.1, -0.05) is 44.1 Å². The van der Waals surface area contributed by atoms with Crippen molar-refractivity contribution in [1.82, 2.24) is 20.2 Å². The summed E-state index contributed by atoms with van der Waals surface area (Å²) in [5, 5.41) is 11.2. The minimum absolute atomic E-state index is 0.0209. The molecule has 0 amide bonds. The first kappa shape index (κ1) is 22.7. The molecule has 1 heterocycles. The van der Waals surface area contributed by atoms with E-state index >= 15 is 0 Å². The zero-order chi connectivity index (χ0) is 21.0. The monoisotopic (exact) mass is 424 g/mol. The molecule has 0 aliphatic heterocycles. The summed E-state index contributed by atoms with van der Waals surface area (Å²) in [6.45, 7) is 13.2. The number of sulfone groups is 1. The number of rotatable bonds is 9. The average Bonchev–Trinajstić information content (AvgIpc) is 3.09. The zero-order valence-corrected chi connectivity index (χ0v) is 19.5. The van der Waals surface area contributed by atoms with Crippen LogP contribution >= 0.6 is 0 Å². The molecule has 1 atom stereocenters. The summed E-state index contributed by atoms with van der Waals surface area (Å²) in [5.41, 5.74) is 0.627. The van der Waals surface area contributed by atoms with Gasteiger partial charge in [-0.2, -0.15) is 4.68 Å². The topological polar surface area (TPSA) is 87.0 Å².